The Bertz CT molecular complexity index is 502. The number of carbonyl (C=O) groups is 2. The zero-order valence-electron chi connectivity index (χ0n) is 10.4. The molecule has 2 rings (SSSR count). The lowest BCUT2D eigenvalue weighted by molar-refractivity contribution is -0.182. The molecule has 1 fully saturated rings. The first-order valence-electron chi connectivity index (χ1n) is 5.80. The smallest absolute Gasteiger partial charge is 0.337 e. The van der Waals surface area contributed by atoms with E-state index in [1.807, 2.05) is 0 Å². The van der Waals surface area contributed by atoms with Crippen molar-refractivity contribution < 1.29 is 23.8 Å². The highest BCUT2D eigenvalue weighted by molar-refractivity contribution is 5.83. The lowest BCUT2D eigenvalue weighted by Gasteiger charge is -2.37. The predicted molar refractivity (Wildman–Crippen MR) is 63.8 cm³/mol. The molecule has 5 nitrogen and oxygen atoms in total. The van der Waals surface area contributed by atoms with Crippen molar-refractivity contribution in [2.75, 3.05) is 13.2 Å². The second kappa shape index (κ2) is 4.97. The Morgan fingerprint density at radius 3 is 2.68 bits per heavy atom. The van der Waals surface area contributed by atoms with Crippen LogP contribution in [0.3, 0.4) is 0 Å². The van der Waals surface area contributed by atoms with Gasteiger partial charge in [0, 0.05) is 6.54 Å². The molecule has 1 N–H and O–H groups in total. The van der Waals surface area contributed by atoms with Gasteiger partial charge in [-0.05, 0) is 24.6 Å². The second-order valence-corrected chi connectivity index (χ2v) is 4.70. The normalized spacial score (nSPS) is 23.5. The summed E-state index contributed by atoms with van der Waals surface area (Å²) in [4.78, 5) is 24.2. The Labute approximate surface area is 109 Å². The van der Waals surface area contributed by atoms with Gasteiger partial charge in [-0.15, -0.1) is 0 Å². The third-order valence-electron chi connectivity index (χ3n) is 3.10. The summed E-state index contributed by atoms with van der Waals surface area (Å²) in [5.74, 6) is -1.74. The van der Waals surface area contributed by atoms with E-state index in [-0.39, 0.29) is 31.4 Å². The van der Waals surface area contributed by atoms with Gasteiger partial charge in [0.15, 0.2) is 5.60 Å². The number of rotatable bonds is 3. The minimum absolute atomic E-state index is 0.0292. The number of carbonyl (C=O) groups excluding carboxylic acids is 1. The number of hydrogen-bond acceptors (Lipinski definition) is 3. The number of hydrogen-bond donors (Lipinski definition) is 1. The summed E-state index contributed by atoms with van der Waals surface area (Å²) in [6, 6.07) is 5.74. The lowest BCUT2D eigenvalue weighted by Crippen LogP contribution is -2.56. The van der Waals surface area contributed by atoms with E-state index in [9.17, 15) is 14.0 Å². The molecule has 1 aromatic rings. The first-order chi connectivity index (χ1) is 8.90. The summed E-state index contributed by atoms with van der Waals surface area (Å²) in [7, 11) is 0. The van der Waals surface area contributed by atoms with E-state index in [0.29, 0.717) is 0 Å². The maximum absolute atomic E-state index is 12.8. The average Bonchev–Trinajstić information content (AvgIpc) is 2.36. The van der Waals surface area contributed by atoms with Gasteiger partial charge >= 0.3 is 5.97 Å². The van der Waals surface area contributed by atoms with Crippen molar-refractivity contribution in [2.24, 2.45) is 0 Å². The fraction of sp³-hybridized carbons (Fsp3) is 0.385. The molecule has 1 aliphatic heterocycles. The summed E-state index contributed by atoms with van der Waals surface area (Å²) in [5, 5.41) is 9.09. The number of carboxylic acids is 1. The summed E-state index contributed by atoms with van der Waals surface area (Å²) < 4.78 is 17.9. The van der Waals surface area contributed by atoms with Gasteiger partial charge in [0.05, 0.1) is 6.54 Å². The molecule has 1 heterocycles. The van der Waals surface area contributed by atoms with Gasteiger partial charge in [-0.3, -0.25) is 4.79 Å². The predicted octanol–water partition coefficient (Wildman–Crippen LogP) is 1.03. The SMILES string of the molecule is CC1(C(=O)O)CN(Cc2ccc(F)cc2)C(=O)CO1. The van der Waals surface area contributed by atoms with Gasteiger partial charge in [-0.25, -0.2) is 9.18 Å². The van der Waals surface area contributed by atoms with Crippen molar-refractivity contribution in [3.8, 4) is 0 Å². The van der Waals surface area contributed by atoms with Gasteiger partial charge in [-0.2, -0.15) is 0 Å². The van der Waals surface area contributed by atoms with Crippen molar-refractivity contribution in [1.29, 1.82) is 0 Å². The van der Waals surface area contributed by atoms with Crippen LogP contribution in [0.1, 0.15) is 12.5 Å². The molecule has 102 valence electrons. The highest BCUT2D eigenvalue weighted by Crippen LogP contribution is 2.20. The maximum Gasteiger partial charge on any atom is 0.337 e. The third-order valence-corrected chi connectivity index (χ3v) is 3.10. The fourth-order valence-corrected chi connectivity index (χ4v) is 1.89. The van der Waals surface area contributed by atoms with Crippen LogP contribution in [-0.2, 0) is 20.9 Å². The quantitative estimate of drug-likeness (QED) is 0.888. The summed E-state index contributed by atoms with van der Waals surface area (Å²) in [5.41, 5.74) is -0.655. The molecule has 1 aliphatic rings. The van der Waals surface area contributed by atoms with Gasteiger partial charge in [0.1, 0.15) is 12.4 Å². The van der Waals surface area contributed by atoms with E-state index in [1.165, 1.54) is 24.0 Å². The number of carboxylic acid groups (broad SMARTS) is 1. The molecule has 1 atom stereocenters. The minimum Gasteiger partial charge on any atom is -0.479 e. The molecule has 0 spiro atoms. The zero-order valence-corrected chi connectivity index (χ0v) is 10.4. The standard InChI is InChI=1S/C13H14FNO4/c1-13(12(17)18)8-15(11(16)7-19-13)6-9-2-4-10(14)5-3-9/h2-5H,6-8H2,1H3,(H,17,18). The van der Waals surface area contributed by atoms with E-state index in [2.05, 4.69) is 0 Å². The lowest BCUT2D eigenvalue weighted by atomic mass is 10.0. The van der Waals surface area contributed by atoms with Crippen LogP contribution in [0.2, 0.25) is 0 Å². The van der Waals surface area contributed by atoms with Crippen LogP contribution >= 0.6 is 0 Å². The molecular weight excluding hydrogens is 253 g/mol. The fourth-order valence-electron chi connectivity index (χ4n) is 1.89. The van der Waals surface area contributed by atoms with E-state index < -0.39 is 11.6 Å². The average molecular weight is 267 g/mol. The molecule has 0 saturated carbocycles. The number of aliphatic carboxylic acids is 1. The summed E-state index contributed by atoms with van der Waals surface area (Å²) in [6.45, 7) is 1.38. The largest absolute Gasteiger partial charge is 0.479 e. The van der Waals surface area contributed by atoms with E-state index in [1.54, 1.807) is 12.1 Å². The number of amides is 1. The van der Waals surface area contributed by atoms with Crippen molar-refractivity contribution >= 4 is 11.9 Å². The summed E-state index contributed by atoms with van der Waals surface area (Å²) in [6.07, 6.45) is 0. The van der Waals surface area contributed by atoms with Crippen molar-refractivity contribution in [3.05, 3.63) is 35.6 Å². The molecule has 19 heavy (non-hydrogen) atoms. The maximum atomic E-state index is 12.8. The molecular formula is C13H14FNO4. The Balaban J connectivity index is 2.12. The van der Waals surface area contributed by atoms with Crippen molar-refractivity contribution in [2.45, 2.75) is 19.1 Å². The first kappa shape index (κ1) is 13.5. The molecule has 1 unspecified atom stereocenters. The van der Waals surface area contributed by atoms with Crippen LogP contribution < -0.4 is 0 Å². The molecule has 1 amide bonds. The highest BCUT2D eigenvalue weighted by atomic mass is 19.1. The van der Waals surface area contributed by atoms with Crippen LogP contribution in [0.25, 0.3) is 0 Å². The van der Waals surface area contributed by atoms with Gasteiger partial charge < -0.3 is 14.7 Å². The molecule has 0 bridgehead atoms. The van der Waals surface area contributed by atoms with E-state index >= 15 is 0 Å². The number of nitrogens with zero attached hydrogens (tertiary/aromatic N) is 1. The minimum atomic E-state index is -1.39. The van der Waals surface area contributed by atoms with Crippen LogP contribution in [0, 0.1) is 5.82 Å². The number of halogens is 1. The number of benzene rings is 1. The highest BCUT2D eigenvalue weighted by Gasteiger charge is 2.42. The molecule has 1 saturated heterocycles. The number of ether oxygens (including phenoxy) is 1. The van der Waals surface area contributed by atoms with E-state index in [4.69, 9.17) is 9.84 Å². The molecule has 6 heteroatoms. The molecule has 1 aromatic carbocycles. The molecule has 0 radical (unpaired) electrons. The monoisotopic (exact) mass is 267 g/mol. The van der Waals surface area contributed by atoms with Crippen LogP contribution in [0.15, 0.2) is 24.3 Å². The van der Waals surface area contributed by atoms with Gasteiger partial charge in [0.25, 0.3) is 0 Å². The summed E-state index contributed by atoms with van der Waals surface area (Å²) >= 11 is 0. The molecule has 0 aliphatic carbocycles. The first-order valence-corrected chi connectivity index (χ1v) is 5.80. The second-order valence-electron chi connectivity index (χ2n) is 4.70. The Morgan fingerprint density at radius 2 is 2.11 bits per heavy atom. The van der Waals surface area contributed by atoms with Gasteiger partial charge in [-0.1, -0.05) is 12.1 Å². The Hall–Kier alpha value is -1.95. The van der Waals surface area contributed by atoms with Crippen LogP contribution in [0.5, 0.6) is 0 Å². The number of morpholine rings is 1. The third kappa shape index (κ3) is 2.90. The molecule has 0 aromatic heterocycles. The van der Waals surface area contributed by atoms with E-state index in [0.717, 1.165) is 5.56 Å². The zero-order chi connectivity index (χ0) is 14.0. The topological polar surface area (TPSA) is 66.8 Å². The van der Waals surface area contributed by atoms with Gasteiger partial charge in [0.2, 0.25) is 5.91 Å². The van der Waals surface area contributed by atoms with Crippen molar-refractivity contribution in [1.82, 2.24) is 4.90 Å². The van der Waals surface area contributed by atoms with Crippen LogP contribution in [-0.4, -0.2) is 40.6 Å². The van der Waals surface area contributed by atoms with Crippen LogP contribution in [0.4, 0.5) is 4.39 Å². The Morgan fingerprint density at radius 1 is 1.47 bits per heavy atom. The Kier molecular flexibility index (Phi) is 3.53. The van der Waals surface area contributed by atoms with Crippen molar-refractivity contribution in [3.63, 3.8) is 0 Å².